The van der Waals surface area contributed by atoms with Crippen LogP contribution in [0.25, 0.3) is 0 Å². The summed E-state index contributed by atoms with van der Waals surface area (Å²) in [4.78, 5) is 13.8. The maximum absolute atomic E-state index is 12.3. The van der Waals surface area contributed by atoms with Crippen LogP contribution < -0.4 is 9.64 Å². The lowest BCUT2D eigenvalue weighted by molar-refractivity contribution is -0.132. The first-order chi connectivity index (χ1) is 8.45. The second kappa shape index (κ2) is 4.49. The van der Waals surface area contributed by atoms with E-state index in [1.165, 1.54) is 12.1 Å². The molecule has 98 valence electrons. The Morgan fingerprint density at radius 1 is 1.39 bits per heavy atom. The highest BCUT2D eigenvalue weighted by Crippen LogP contribution is 2.39. The molecule has 0 unspecified atom stereocenters. The van der Waals surface area contributed by atoms with Gasteiger partial charge in [-0.25, -0.2) is 0 Å². The van der Waals surface area contributed by atoms with E-state index in [2.05, 4.69) is 0 Å². The highest BCUT2D eigenvalue weighted by Gasteiger charge is 2.40. The standard InChI is InChI=1S/C13H17NO4/c1-13(2)12(17)14(6-3-7-15)10-8-9(16)4-5-11(10)18-13/h4-5,8,15-16H,3,6-7H2,1-2H3. The second-order valence-electron chi connectivity index (χ2n) is 4.80. The molecule has 0 bridgehead atoms. The monoisotopic (exact) mass is 251 g/mol. The molecule has 0 saturated heterocycles. The molecule has 5 nitrogen and oxygen atoms in total. The fraction of sp³-hybridized carbons (Fsp3) is 0.462. The molecule has 1 aromatic rings. The minimum absolute atomic E-state index is 0.0131. The Labute approximate surface area is 106 Å². The van der Waals surface area contributed by atoms with Crippen molar-refractivity contribution in [2.45, 2.75) is 25.9 Å². The zero-order valence-electron chi connectivity index (χ0n) is 10.5. The molecule has 1 aromatic carbocycles. The lowest BCUT2D eigenvalue weighted by Crippen LogP contribution is -2.52. The van der Waals surface area contributed by atoms with E-state index >= 15 is 0 Å². The number of anilines is 1. The van der Waals surface area contributed by atoms with Crippen molar-refractivity contribution >= 4 is 11.6 Å². The predicted molar refractivity (Wildman–Crippen MR) is 66.9 cm³/mol. The molecule has 0 fully saturated rings. The SMILES string of the molecule is CC1(C)Oc2ccc(O)cc2N(CCCO)C1=O. The number of hydrogen-bond acceptors (Lipinski definition) is 4. The van der Waals surface area contributed by atoms with Crippen LogP contribution in [-0.2, 0) is 4.79 Å². The molecule has 2 rings (SSSR count). The average Bonchev–Trinajstić information content (AvgIpc) is 2.31. The van der Waals surface area contributed by atoms with E-state index in [4.69, 9.17) is 9.84 Å². The summed E-state index contributed by atoms with van der Waals surface area (Å²) >= 11 is 0. The summed E-state index contributed by atoms with van der Waals surface area (Å²) in [5.41, 5.74) is -0.382. The van der Waals surface area contributed by atoms with Crippen LogP contribution in [0.5, 0.6) is 11.5 Å². The molecular weight excluding hydrogens is 234 g/mol. The second-order valence-corrected chi connectivity index (χ2v) is 4.80. The van der Waals surface area contributed by atoms with Crippen LogP contribution in [0.3, 0.4) is 0 Å². The van der Waals surface area contributed by atoms with Crippen LogP contribution in [0, 0.1) is 0 Å². The predicted octanol–water partition coefficient (Wildman–Crippen LogP) is 1.28. The van der Waals surface area contributed by atoms with E-state index in [9.17, 15) is 9.90 Å². The fourth-order valence-corrected chi connectivity index (χ4v) is 2.01. The Hall–Kier alpha value is -1.75. The van der Waals surface area contributed by atoms with Gasteiger partial charge in [-0.1, -0.05) is 0 Å². The van der Waals surface area contributed by atoms with Crippen molar-refractivity contribution in [2.75, 3.05) is 18.1 Å². The first-order valence-electron chi connectivity index (χ1n) is 5.90. The number of carbonyl (C=O) groups excluding carboxylic acids is 1. The minimum atomic E-state index is -0.931. The third-order valence-electron chi connectivity index (χ3n) is 2.90. The molecule has 1 aliphatic rings. The Kier molecular flexibility index (Phi) is 3.17. The van der Waals surface area contributed by atoms with Crippen molar-refractivity contribution in [3.8, 4) is 11.5 Å². The van der Waals surface area contributed by atoms with Crippen LogP contribution in [0.1, 0.15) is 20.3 Å². The zero-order chi connectivity index (χ0) is 13.3. The Morgan fingerprint density at radius 2 is 2.11 bits per heavy atom. The van der Waals surface area contributed by atoms with Gasteiger partial charge in [-0.3, -0.25) is 4.79 Å². The van der Waals surface area contributed by atoms with Crippen LogP contribution in [0.15, 0.2) is 18.2 Å². The third-order valence-corrected chi connectivity index (χ3v) is 2.90. The number of carbonyl (C=O) groups is 1. The van der Waals surface area contributed by atoms with E-state index in [0.29, 0.717) is 24.4 Å². The molecule has 0 aromatic heterocycles. The number of aliphatic hydroxyl groups excluding tert-OH is 1. The van der Waals surface area contributed by atoms with Gasteiger partial charge in [0.05, 0.1) is 5.69 Å². The highest BCUT2D eigenvalue weighted by molar-refractivity contribution is 6.02. The number of hydrogen-bond donors (Lipinski definition) is 2. The number of aliphatic hydroxyl groups is 1. The van der Waals surface area contributed by atoms with Gasteiger partial charge in [0.1, 0.15) is 11.5 Å². The summed E-state index contributed by atoms with van der Waals surface area (Å²) in [5.74, 6) is 0.475. The van der Waals surface area contributed by atoms with E-state index < -0.39 is 5.60 Å². The van der Waals surface area contributed by atoms with Crippen LogP contribution in [0.4, 0.5) is 5.69 Å². The largest absolute Gasteiger partial charge is 0.508 e. The molecule has 0 radical (unpaired) electrons. The fourth-order valence-electron chi connectivity index (χ4n) is 2.01. The van der Waals surface area contributed by atoms with E-state index in [1.54, 1.807) is 24.8 Å². The molecule has 0 atom stereocenters. The lowest BCUT2D eigenvalue weighted by atomic mass is 10.0. The van der Waals surface area contributed by atoms with E-state index in [1.807, 2.05) is 0 Å². The van der Waals surface area contributed by atoms with Crippen LogP contribution in [-0.4, -0.2) is 34.9 Å². The quantitative estimate of drug-likeness (QED) is 0.849. The number of phenolic OH excluding ortho intramolecular Hbond substituents is 1. The van der Waals surface area contributed by atoms with Crippen LogP contribution >= 0.6 is 0 Å². The van der Waals surface area contributed by atoms with Gasteiger partial charge in [-0.2, -0.15) is 0 Å². The molecule has 0 spiro atoms. The number of aromatic hydroxyl groups is 1. The molecular formula is C13H17NO4. The molecule has 1 aliphatic heterocycles. The number of fused-ring (bicyclic) bond motifs is 1. The van der Waals surface area contributed by atoms with E-state index in [0.717, 1.165) is 0 Å². The van der Waals surface area contributed by atoms with Gasteiger partial charge in [0.15, 0.2) is 5.60 Å². The van der Waals surface area contributed by atoms with Gasteiger partial charge in [0.25, 0.3) is 5.91 Å². The molecule has 18 heavy (non-hydrogen) atoms. The molecule has 2 N–H and O–H groups in total. The normalized spacial score (nSPS) is 17.3. The Bertz CT molecular complexity index is 470. The van der Waals surface area contributed by atoms with Gasteiger partial charge in [0, 0.05) is 19.2 Å². The summed E-state index contributed by atoms with van der Waals surface area (Å²) in [6.45, 7) is 3.83. The summed E-state index contributed by atoms with van der Waals surface area (Å²) in [6, 6.07) is 4.67. The van der Waals surface area contributed by atoms with Gasteiger partial charge in [0.2, 0.25) is 0 Å². The third kappa shape index (κ3) is 2.13. The van der Waals surface area contributed by atoms with Crippen molar-refractivity contribution in [2.24, 2.45) is 0 Å². The summed E-state index contributed by atoms with van der Waals surface area (Å²) in [5, 5.41) is 18.4. The average molecular weight is 251 g/mol. The molecule has 5 heteroatoms. The maximum atomic E-state index is 12.3. The number of amides is 1. The van der Waals surface area contributed by atoms with Crippen molar-refractivity contribution in [1.29, 1.82) is 0 Å². The molecule has 1 heterocycles. The highest BCUT2D eigenvalue weighted by atomic mass is 16.5. The number of ether oxygens (including phenoxy) is 1. The summed E-state index contributed by atoms with van der Waals surface area (Å²) < 4.78 is 5.63. The van der Waals surface area contributed by atoms with Gasteiger partial charge in [-0.15, -0.1) is 0 Å². The van der Waals surface area contributed by atoms with Gasteiger partial charge in [-0.05, 0) is 32.4 Å². The molecule has 0 saturated carbocycles. The number of nitrogens with zero attached hydrogens (tertiary/aromatic N) is 1. The maximum Gasteiger partial charge on any atom is 0.270 e. The van der Waals surface area contributed by atoms with Gasteiger partial charge >= 0.3 is 0 Å². The first-order valence-corrected chi connectivity index (χ1v) is 5.90. The van der Waals surface area contributed by atoms with Crippen molar-refractivity contribution in [1.82, 2.24) is 0 Å². The first kappa shape index (κ1) is 12.7. The smallest absolute Gasteiger partial charge is 0.270 e. The van der Waals surface area contributed by atoms with Crippen molar-refractivity contribution in [3.05, 3.63) is 18.2 Å². The van der Waals surface area contributed by atoms with E-state index in [-0.39, 0.29) is 18.3 Å². The Balaban J connectivity index is 2.43. The lowest BCUT2D eigenvalue weighted by Gasteiger charge is -2.38. The van der Waals surface area contributed by atoms with Crippen molar-refractivity contribution < 1.29 is 19.7 Å². The molecule has 0 aliphatic carbocycles. The number of phenols is 1. The van der Waals surface area contributed by atoms with Gasteiger partial charge < -0.3 is 19.8 Å². The minimum Gasteiger partial charge on any atom is -0.508 e. The topological polar surface area (TPSA) is 70.0 Å². The molecule has 1 amide bonds. The number of benzene rings is 1. The number of rotatable bonds is 3. The zero-order valence-corrected chi connectivity index (χ0v) is 10.5. The summed E-state index contributed by atoms with van der Waals surface area (Å²) in [6.07, 6.45) is 0.483. The van der Waals surface area contributed by atoms with Crippen molar-refractivity contribution in [3.63, 3.8) is 0 Å². The summed E-state index contributed by atoms with van der Waals surface area (Å²) in [7, 11) is 0. The Morgan fingerprint density at radius 3 is 2.78 bits per heavy atom. The van der Waals surface area contributed by atoms with Crippen LogP contribution in [0.2, 0.25) is 0 Å².